The monoisotopic (exact) mass is 464 g/mol. The second kappa shape index (κ2) is 12.4. The lowest BCUT2D eigenvalue weighted by molar-refractivity contribution is -0.268. The molecule has 0 aromatic carbocycles. The van der Waals surface area contributed by atoms with Gasteiger partial charge in [0, 0.05) is 25.4 Å². The number of carbonyl (C=O) groups is 3. The van der Waals surface area contributed by atoms with Crippen molar-refractivity contribution in [2.24, 2.45) is 29.0 Å². The quantitative estimate of drug-likeness (QED) is 0.141. The number of nitrogens with one attached hydrogen (secondary N) is 1. The van der Waals surface area contributed by atoms with Crippen LogP contribution in [0.5, 0.6) is 0 Å². The molecule has 1 fully saturated rings. The SMILES string of the molecule is CC(=O)N[C@H]1C(O)O[C@H](CO)[C@@H](O)[C@@H]1O[C@H](C)C(N)[C@@H](C)C(N)[C@@H](CCC(=O)O)C(N)=O. The van der Waals surface area contributed by atoms with Crippen molar-refractivity contribution < 1.29 is 44.3 Å². The average Bonchev–Trinajstić information content (AvgIpc) is 2.70. The van der Waals surface area contributed by atoms with Crippen LogP contribution in [0.15, 0.2) is 0 Å². The molecule has 186 valence electrons. The number of aliphatic hydroxyl groups is 3. The van der Waals surface area contributed by atoms with E-state index in [0.29, 0.717) is 0 Å². The molecule has 10 atom stereocenters. The van der Waals surface area contributed by atoms with Crippen LogP contribution in [0.2, 0.25) is 0 Å². The predicted octanol–water partition coefficient (Wildman–Crippen LogP) is -3.41. The van der Waals surface area contributed by atoms with Gasteiger partial charge >= 0.3 is 5.97 Å². The van der Waals surface area contributed by atoms with Crippen molar-refractivity contribution in [2.45, 2.75) is 82.4 Å². The van der Waals surface area contributed by atoms with E-state index in [1.165, 1.54) is 6.92 Å². The van der Waals surface area contributed by atoms with Gasteiger partial charge in [-0.05, 0) is 19.3 Å². The number of aliphatic hydroxyl groups excluding tert-OH is 3. The summed E-state index contributed by atoms with van der Waals surface area (Å²) in [6.45, 7) is 3.85. The molecule has 1 heterocycles. The Balaban J connectivity index is 2.97. The molecule has 0 spiro atoms. The summed E-state index contributed by atoms with van der Waals surface area (Å²) in [5, 5.41) is 41.5. The van der Waals surface area contributed by atoms with Gasteiger partial charge in [-0.25, -0.2) is 0 Å². The first-order valence-electron chi connectivity index (χ1n) is 10.4. The van der Waals surface area contributed by atoms with Gasteiger partial charge in [-0.15, -0.1) is 0 Å². The minimum atomic E-state index is -1.55. The van der Waals surface area contributed by atoms with E-state index in [2.05, 4.69) is 5.32 Å². The number of carboxylic acids is 1. The first-order valence-corrected chi connectivity index (χ1v) is 10.4. The summed E-state index contributed by atoms with van der Waals surface area (Å²) >= 11 is 0. The maximum Gasteiger partial charge on any atom is 0.303 e. The van der Waals surface area contributed by atoms with Gasteiger partial charge in [0.05, 0.1) is 18.6 Å². The zero-order chi connectivity index (χ0) is 24.7. The molecule has 0 aromatic rings. The van der Waals surface area contributed by atoms with E-state index in [1.54, 1.807) is 13.8 Å². The van der Waals surface area contributed by atoms with Crippen LogP contribution < -0.4 is 22.5 Å². The summed E-state index contributed by atoms with van der Waals surface area (Å²) < 4.78 is 11.0. The zero-order valence-electron chi connectivity index (χ0n) is 18.5. The number of hydrogen-bond donors (Lipinski definition) is 8. The van der Waals surface area contributed by atoms with Crippen LogP contribution in [0.25, 0.3) is 0 Å². The van der Waals surface area contributed by atoms with E-state index in [4.69, 9.17) is 31.8 Å². The van der Waals surface area contributed by atoms with Gasteiger partial charge in [0.25, 0.3) is 0 Å². The lowest BCUT2D eigenvalue weighted by Crippen LogP contribution is -2.66. The molecule has 0 aromatic heterocycles. The molecule has 1 aliphatic heterocycles. The van der Waals surface area contributed by atoms with Gasteiger partial charge in [0.15, 0.2) is 6.29 Å². The molecule has 11 N–H and O–H groups in total. The van der Waals surface area contributed by atoms with Crippen molar-refractivity contribution in [1.82, 2.24) is 5.32 Å². The van der Waals surface area contributed by atoms with Gasteiger partial charge in [-0.2, -0.15) is 0 Å². The van der Waals surface area contributed by atoms with Crippen LogP contribution in [-0.4, -0.2) is 93.6 Å². The second-order valence-corrected chi connectivity index (χ2v) is 8.23. The van der Waals surface area contributed by atoms with E-state index in [-0.39, 0.29) is 12.8 Å². The standard InChI is InChI=1S/C19H36N4O9/c1-7(14(21)10(18(22)29)4-5-12(26)27)13(20)8(2)31-17-15(23-9(3)25)19(30)32-11(6-24)16(17)28/h7-8,10-11,13-17,19,24,28,30H,4-6,20-21H2,1-3H3,(H2,22,29)(H,23,25)(H,26,27)/t7-,8-,10-,11-,13?,14?,15-,16-,17-,19?/m1/s1. The van der Waals surface area contributed by atoms with Crippen LogP contribution in [0, 0.1) is 11.8 Å². The van der Waals surface area contributed by atoms with Crippen molar-refractivity contribution in [2.75, 3.05) is 6.61 Å². The summed E-state index contributed by atoms with van der Waals surface area (Å²) in [7, 11) is 0. The highest BCUT2D eigenvalue weighted by atomic mass is 16.6. The van der Waals surface area contributed by atoms with E-state index in [1.807, 2.05) is 0 Å². The molecule has 32 heavy (non-hydrogen) atoms. The molecule has 0 bridgehead atoms. The highest BCUT2D eigenvalue weighted by Gasteiger charge is 2.47. The average molecular weight is 465 g/mol. The summed E-state index contributed by atoms with van der Waals surface area (Å²) in [5.41, 5.74) is 17.9. The van der Waals surface area contributed by atoms with Gasteiger partial charge in [0.2, 0.25) is 11.8 Å². The molecule has 0 aliphatic carbocycles. The summed E-state index contributed by atoms with van der Waals surface area (Å²) in [6.07, 6.45) is -6.42. The number of hydrogen-bond acceptors (Lipinski definition) is 10. The molecule has 3 unspecified atom stereocenters. The first kappa shape index (κ1) is 28.2. The van der Waals surface area contributed by atoms with E-state index < -0.39 is 85.1 Å². The van der Waals surface area contributed by atoms with Crippen LogP contribution in [0.4, 0.5) is 0 Å². The lowest BCUT2D eigenvalue weighted by Gasteiger charge is -2.44. The molecule has 0 radical (unpaired) electrons. The third-order valence-electron chi connectivity index (χ3n) is 5.87. The molecule has 13 nitrogen and oxygen atoms in total. The Morgan fingerprint density at radius 2 is 1.75 bits per heavy atom. The van der Waals surface area contributed by atoms with Gasteiger partial charge in [0.1, 0.15) is 24.4 Å². The molecule has 1 aliphatic rings. The Labute approximate surface area is 186 Å². The van der Waals surface area contributed by atoms with Crippen molar-refractivity contribution in [3.8, 4) is 0 Å². The highest BCUT2D eigenvalue weighted by Crippen LogP contribution is 2.26. The largest absolute Gasteiger partial charge is 0.481 e. The summed E-state index contributed by atoms with van der Waals surface area (Å²) in [6, 6.07) is -2.80. The van der Waals surface area contributed by atoms with Crippen LogP contribution in [-0.2, 0) is 23.9 Å². The molecular weight excluding hydrogens is 428 g/mol. The maximum atomic E-state index is 11.8. The molecule has 0 saturated carbocycles. The molecular formula is C19H36N4O9. The zero-order valence-corrected chi connectivity index (χ0v) is 18.5. The second-order valence-electron chi connectivity index (χ2n) is 8.23. The number of rotatable bonds is 12. The fourth-order valence-electron chi connectivity index (χ4n) is 3.83. The fraction of sp³-hybridized carbons (Fsp3) is 0.842. The molecule has 2 amide bonds. The topological polar surface area (TPSA) is 241 Å². The third kappa shape index (κ3) is 7.33. The van der Waals surface area contributed by atoms with Gasteiger partial charge in [-0.1, -0.05) is 6.92 Å². The van der Waals surface area contributed by atoms with E-state index >= 15 is 0 Å². The number of primary amides is 1. The number of aliphatic carboxylic acids is 1. The summed E-state index contributed by atoms with van der Waals surface area (Å²) in [5.74, 6) is -3.83. The minimum absolute atomic E-state index is 0.0498. The maximum absolute atomic E-state index is 11.8. The van der Waals surface area contributed by atoms with Crippen LogP contribution >= 0.6 is 0 Å². The molecule has 1 saturated heterocycles. The third-order valence-corrected chi connectivity index (χ3v) is 5.87. The molecule has 1 rings (SSSR count). The lowest BCUT2D eigenvalue weighted by atomic mass is 9.81. The van der Waals surface area contributed by atoms with Crippen LogP contribution in [0.3, 0.4) is 0 Å². The highest BCUT2D eigenvalue weighted by molar-refractivity contribution is 5.78. The van der Waals surface area contributed by atoms with Crippen LogP contribution in [0.1, 0.15) is 33.6 Å². The number of carbonyl (C=O) groups excluding carboxylic acids is 2. The van der Waals surface area contributed by atoms with Crippen molar-refractivity contribution in [1.29, 1.82) is 0 Å². The number of nitrogens with two attached hydrogens (primary N) is 3. The van der Waals surface area contributed by atoms with Crippen molar-refractivity contribution in [3.63, 3.8) is 0 Å². The Kier molecular flexibility index (Phi) is 10.9. The Morgan fingerprint density at radius 3 is 2.22 bits per heavy atom. The number of amides is 2. The number of carboxylic acid groups (broad SMARTS) is 1. The number of ether oxygens (including phenoxy) is 2. The van der Waals surface area contributed by atoms with Crippen molar-refractivity contribution >= 4 is 17.8 Å². The van der Waals surface area contributed by atoms with Gasteiger partial charge in [-0.3, -0.25) is 14.4 Å². The Bertz CT molecular complexity index is 652. The fourth-order valence-corrected chi connectivity index (χ4v) is 3.83. The minimum Gasteiger partial charge on any atom is -0.481 e. The first-order chi connectivity index (χ1) is 14.8. The Morgan fingerprint density at radius 1 is 1.16 bits per heavy atom. The summed E-state index contributed by atoms with van der Waals surface area (Å²) in [4.78, 5) is 34.2. The van der Waals surface area contributed by atoms with E-state index in [9.17, 15) is 29.7 Å². The van der Waals surface area contributed by atoms with Gasteiger partial charge < -0.3 is 52.4 Å². The van der Waals surface area contributed by atoms with Crippen molar-refractivity contribution in [3.05, 3.63) is 0 Å². The van der Waals surface area contributed by atoms with E-state index in [0.717, 1.165) is 0 Å². The normalized spacial score (nSPS) is 30.6. The molecule has 13 heteroatoms. The smallest absolute Gasteiger partial charge is 0.303 e. The predicted molar refractivity (Wildman–Crippen MR) is 111 cm³/mol. The Hall–Kier alpha value is -1.87.